The highest BCUT2D eigenvalue weighted by molar-refractivity contribution is 7.91. The number of nitrogens with zero attached hydrogens (tertiary/aromatic N) is 5. The molecule has 1 atom stereocenters. The van der Waals surface area contributed by atoms with Gasteiger partial charge in [0.1, 0.15) is 10.5 Å². The van der Waals surface area contributed by atoms with Gasteiger partial charge in [-0.15, -0.1) is 11.3 Å². The van der Waals surface area contributed by atoms with Crippen molar-refractivity contribution in [1.82, 2.24) is 24.5 Å². The number of hydrogen-bond acceptors (Lipinski definition) is 9. The van der Waals surface area contributed by atoms with Gasteiger partial charge in [0.2, 0.25) is 5.28 Å². The smallest absolute Gasteiger partial charge is 0.295 e. The normalized spacial score (nSPS) is 15.6. The Balaban J connectivity index is 1.68. The van der Waals surface area contributed by atoms with E-state index < -0.39 is 9.84 Å². The molecule has 9 nitrogen and oxygen atoms in total. The van der Waals surface area contributed by atoms with Crippen molar-refractivity contribution < 1.29 is 8.42 Å². The van der Waals surface area contributed by atoms with Crippen LogP contribution in [0.3, 0.4) is 0 Å². The Hall–Kier alpha value is -2.11. The molecule has 0 saturated heterocycles. The summed E-state index contributed by atoms with van der Waals surface area (Å²) in [6, 6.07) is -0.0410. The first-order valence-corrected chi connectivity index (χ1v) is 12.1. The molecule has 4 rings (SSSR count). The number of aromatic nitrogens is 5. The maximum Gasteiger partial charge on any atom is 0.295 e. The molecule has 0 aliphatic heterocycles. The lowest BCUT2D eigenvalue weighted by Crippen LogP contribution is -2.29. The maximum absolute atomic E-state index is 13.1. The van der Waals surface area contributed by atoms with Crippen LogP contribution in [0.5, 0.6) is 0 Å². The minimum Gasteiger partial charge on any atom is -0.359 e. The van der Waals surface area contributed by atoms with E-state index in [-0.39, 0.29) is 40.0 Å². The average Bonchev–Trinajstić information content (AvgIpc) is 3.43. The van der Waals surface area contributed by atoms with E-state index in [4.69, 9.17) is 11.6 Å². The molecule has 1 aliphatic carbocycles. The van der Waals surface area contributed by atoms with Crippen molar-refractivity contribution in [2.45, 2.75) is 44.3 Å². The summed E-state index contributed by atoms with van der Waals surface area (Å²) in [5.74, 6) is 0.550. The third-order valence-electron chi connectivity index (χ3n) is 4.95. The Morgan fingerprint density at radius 1 is 1.34 bits per heavy atom. The molecule has 1 fully saturated rings. The number of hydrogen-bond donors (Lipinski definition) is 1. The molecule has 154 valence electrons. The van der Waals surface area contributed by atoms with Crippen LogP contribution in [0.1, 0.15) is 37.7 Å². The Labute approximate surface area is 176 Å². The van der Waals surface area contributed by atoms with Crippen molar-refractivity contribution in [3.63, 3.8) is 0 Å². The lowest BCUT2D eigenvalue weighted by Gasteiger charge is -2.17. The van der Waals surface area contributed by atoms with Gasteiger partial charge in [-0.05, 0) is 37.3 Å². The van der Waals surface area contributed by atoms with E-state index in [0.717, 1.165) is 12.8 Å². The topological polar surface area (TPSA) is 120 Å². The Kier molecular flexibility index (Phi) is 5.30. The van der Waals surface area contributed by atoms with Crippen molar-refractivity contribution >= 4 is 49.8 Å². The summed E-state index contributed by atoms with van der Waals surface area (Å²) in [5, 5.41) is 5.16. The molecule has 1 N–H and O–H groups in total. The molecule has 0 aromatic carbocycles. The fourth-order valence-electron chi connectivity index (χ4n) is 3.09. The Morgan fingerprint density at radius 2 is 2.10 bits per heavy atom. The third kappa shape index (κ3) is 3.99. The van der Waals surface area contributed by atoms with Crippen molar-refractivity contribution in [2.24, 2.45) is 5.92 Å². The Morgan fingerprint density at radius 3 is 2.79 bits per heavy atom. The average molecular weight is 455 g/mol. The van der Waals surface area contributed by atoms with E-state index in [1.165, 1.54) is 22.9 Å². The standard InChI is InChI=1S/C17H19ClN6O3S2/c1-3-29(26,27)13-8-28-12(22-13)7-19-14-16(25)24(9(2)10-4-5-10)15-11(21-14)6-20-17(18)23-15/h6,8-10H,3-5,7H2,1-2H3,(H,19,21)/t9-/m0/s1. The van der Waals surface area contributed by atoms with Gasteiger partial charge in [0, 0.05) is 11.4 Å². The van der Waals surface area contributed by atoms with Gasteiger partial charge in [0.05, 0.1) is 18.5 Å². The zero-order valence-corrected chi connectivity index (χ0v) is 18.2. The fourth-order valence-corrected chi connectivity index (χ4v) is 5.15. The van der Waals surface area contributed by atoms with Gasteiger partial charge in [-0.2, -0.15) is 4.98 Å². The van der Waals surface area contributed by atoms with E-state index in [1.807, 2.05) is 6.92 Å². The predicted octanol–water partition coefficient (Wildman–Crippen LogP) is 2.67. The van der Waals surface area contributed by atoms with E-state index >= 15 is 0 Å². The lowest BCUT2D eigenvalue weighted by molar-refractivity contribution is 0.482. The largest absolute Gasteiger partial charge is 0.359 e. The van der Waals surface area contributed by atoms with E-state index in [1.54, 1.807) is 11.5 Å². The monoisotopic (exact) mass is 454 g/mol. The summed E-state index contributed by atoms with van der Waals surface area (Å²) in [6.45, 7) is 3.74. The molecule has 3 heterocycles. The number of nitrogens with one attached hydrogen (secondary N) is 1. The zero-order valence-electron chi connectivity index (χ0n) is 15.8. The quantitative estimate of drug-likeness (QED) is 0.541. The van der Waals surface area contributed by atoms with E-state index in [9.17, 15) is 13.2 Å². The van der Waals surface area contributed by atoms with Crippen molar-refractivity contribution in [3.05, 3.63) is 32.2 Å². The molecule has 3 aromatic heterocycles. The summed E-state index contributed by atoms with van der Waals surface area (Å²) in [4.78, 5) is 29.8. The molecular formula is C17H19ClN6O3S2. The van der Waals surface area contributed by atoms with Gasteiger partial charge >= 0.3 is 0 Å². The number of sulfone groups is 1. The second-order valence-electron chi connectivity index (χ2n) is 6.90. The van der Waals surface area contributed by atoms with Gasteiger partial charge in [-0.3, -0.25) is 9.36 Å². The van der Waals surface area contributed by atoms with Crippen LogP contribution in [0.4, 0.5) is 5.82 Å². The number of thiazole rings is 1. The van der Waals surface area contributed by atoms with Gasteiger partial charge in [-0.25, -0.2) is 23.4 Å². The molecule has 29 heavy (non-hydrogen) atoms. The SMILES string of the molecule is CCS(=O)(=O)c1csc(CNc2nc3cnc(Cl)nc3n([C@@H](C)C3CC3)c2=O)n1. The van der Waals surface area contributed by atoms with Gasteiger partial charge in [-0.1, -0.05) is 6.92 Å². The summed E-state index contributed by atoms with van der Waals surface area (Å²) >= 11 is 7.15. The van der Waals surface area contributed by atoms with Gasteiger partial charge < -0.3 is 5.32 Å². The van der Waals surface area contributed by atoms with Crippen LogP contribution < -0.4 is 10.9 Å². The van der Waals surface area contributed by atoms with Gasteiger partial charge in [0.15, 0.2) is 26.3 Å². The highest BCUT2D eigenvalue weighted by atomic mass is 35.5. The minimum absolute atomic E-state index is 0.0118. The summed E-state index contributed by atoms with van der Waals surface area (Å²) in [5.41, 5.74) is 0.563. The molecule has 0 bridgehead atoms. The minimum atomic E-state index is -3.36. The molecule has 1 aliphatic rings. The number of anilines is 1. The number of fused-ring (bicyclic) bond motifs is 1. The third-order valence-corrected chi connectivity index (χ3v) is 7.74. The zero-order chi connectivity index (χ0) is 20.8. The number of halogens is 1. The highest BCUT2D eigenvalue weighted by Crippen LogP contribution is 2.39. The summed E-state index contributed by atoms with van der Waals surface area (Å²) in [7, 11) is -3.36. The van der Waals surface area contributed by atoms with Crippen molar-refractivity contribution in [1.29, 1.82) is 0 Å². The molecule has 0 unspecified atom stereocenters. The molecule has 1 saturated carbocycles. The van der Waals surface area contributed by atoms with Gasteiger partial charge in [0.25, 0.3) is 5.56 Å². The molecule has 3 aromatic rings. The molecule has 0 amide bonds. The van der Waals surface area contributed by atoms with Crippen LogP contribution in [-0.4, -0.2) is 38.7 Å². The van der Waals surface area contributed by atoms with Crippen LogP contribution >= 0.6 is 22.9 Å². The van der Waals surface area contributed by atoms with Crippen LogP contribution in [0, 0.1) is 5.92 Å². The van der Waals surface area contributed by atoms with Crippen molar-refractivity contribution in [3.8, 4) is 0 Å². The first kappa shape index (κ1) is 20.2. The lowest BCUT2D eigenvalue weighted by atomic mass is 10.2. The Bertz CT molecular complexity index is 1240. The first-order valence-electron chi connectivity index (χ1n) is 9.16. The summed E-state index contributed by atoms with van der Waals surface area (Å²) < 4.78 is 25.5. The second-order valence-corrected chi connectivity index (χ2v) is 10.4. The molecular weight excluding hydrogens is 436 g/mol. The fraction of sp³-hybridized carbons (Fsp3) is 0.471. The maximum atomic E-state index is 13.1. The van der Waals surface area contributed by atoms with Crippen LogP contribution in [-0.2, 0) is 16.4 Å². The second kappa shape index (κ2) is 7.62. The van der Waals surface area contributed by atoms with Crippen LogP contribution in [0.2, 0.25) is 5.28 Å². The summed E-state index contributed by atoms with van der Waals surface area (Å²) in [6.07, 6.45) is 3.61. The molecule has 0 radical (unpaired) electrons. The molecule has 12 heteroatoms. The predicted molar refractivity (Wildman–Crippen MR) is 111 cm³/mol. The first-order chi connectivity index (χ1) is 13.8. The van der Waals surface area contributed by atoms with E-state index in [0.29, 0.717) is 22.1 Å². The number of rotatable bonds is 7. The van der Waals surface area contributed by atoms with Crippen molar-refractivity contribution in [2.75, 3.05) is 11.1 Å². The highest BCUT2D eigenvalue weighted by Gasteiger charge is 2.32. The van der Waals surface area contributed by atoms with Crippen LogP contribution in [0.25, 0.3) is 11.2 Å². The van der Waals surface area contributed by atoms with E-state index in [2.05, 4.69) is 25.3 Å². The van der Waals surface area contributed by atoms with Crippen LogP contribution in [0.15, 0.2) is 21.4 Å². The molecule has 0 spiro atoms.